The summed E-state index contributed by atoms with van der Waals surface area (Å²) in [4.78, 5) is 7.01. The average molecular weight is 397 g/mol. The first-order valence-electron chi connectivity index (χ1n) is 9.37. The molecular weight excluding hydrogens is 376 g/mol. The summed E-state index contributed by atoms with van der Waals surface area (Å²) in [7, 11) is 0. The van der Waals surface area contributed by atoms with Crippen molar-refractivity contribution in [3.8, 4) is 0 Å². The van der Waals surface area contributed by atoms with Crippen molar-refractivity contribution < 1.29 is 8.78 Å². The molecule has 2 aliphatic heterocycles. The molecule has 0 bridgehead atoms. The van der Waals surface area contributed by atoms with E-state index in [0.717, 1.165) is 42.0 Å². The van der Waals surface area contributed by atoms with Gasteiger partial charge < -0.3 is 5.32 Å². The standard InChI is InChI=1S/C22H21F2N3S/c1-2-27-12-16(11-14-3-7-17(23)8-4-14)21-19(13-27)20(25-22(28)26-21)15-5-9-18(24)10-6-15/h3-11,19-20H,2,12-13H2,1H3,(H,25,28)/b16-11+. The summed E-state index contributed by atoms with van der Waals surface area (Å²) >= 11 is 5.41. The number of nitrogens with zero attached hydrogens (tertiary/aromatic N) is 2. The number of likely N-dealkylation sites (N-methyl/N-ethyl adjacent to an activating group) is 1. The fourth-order valence-corrected chi connectivity index (χ4v) is 4.11. The Morgan fingerprint density at radius 3 is 2.39 bits per heavy atom. The van der Waals surface area contributed by atoms with Crippen molar-refractivity contribution in [3.63, 3.8) is 0 Å². The number of benzene rings is 2. The van der Waals surface area contributed by atoms with Gasteiger partial charge in [0.1, 0.15) is 11.6 Å². The molecule has 144 valence electrons. The minimum Gasteiger partial charge on any atom is -0.353 e. The number of aliphatic imine (C=N–C) groups is 1. The van der Waals surface area contributed by atoms with Crippen LogP contribution in [0.25, 0.3) is 6.08 Å². The smallest absolute Gasteiger partial charge is 0.193 e. The molecule has 2 heterocycles. The van der Waals surface area contributed by atoms with Gasteiger partial charge in [-0.25, -0.2) is 13.8 Å². The summed E-state index contributed by atoms with van der Waals surface area (Å²) in [6.45, 7) is 4.65. The van der Waals surface area contributed by atoms with Crippen molar-refractivity contribution in [2.45, 2.75) is 13.0 Å². The maximum absolute atomic E-state index is 13.4. The lowest BCUT2D eigenvalue weighted by atomic mass is 9.81. The van der Waals surface area contributed by atoms with E-state index in [1.54, 1.807) is 24.3 Å². The van der Waals surface area contributed by atoms with E-state index in [9.17, 15) is 8.78 Å². The largest absolute Gasteiger partial charge is 0.353 e. The fourth-order valence-electron chi connectivity index (χ4n) is 3.89. The molecule has 1 saturated heterocycles. The van der Waals surface area contributed by atoms with E-state index in [2.05, 4.69) is 28.2 Å². The monoisotopic (exact) mass is 397 g/mol. The van der Waals surface area contributed by atoms with Crippen LogP contribution in [0.15, 0.2) is 59.1 Å². The Hall–Kier alpha value is -2.44. The molecule has 0 saturated carbocycles. The number of piperidine rings is 1. The minimum atomic E-state index is -0.258. The molecular formula is C22H21F2N3S. The van der Waals surface area contributed by atoms with Crippen LogP contribution >= 0.6 is 12.2 Å². The van der Waals surface area contributed by atoms with Crippen LogP contribution in [0, 0.1) is 17.6 Å². The second kappa shape index (κ2) is 7.89. The molecule has 0 radical (unpaired) electrons. The van der Waals surface area contributed by atoms with Gasteiger partial charge in [-0.2, -0.15) is 0 Å². The van der Waals surface area contributed by atoms with Crippen LogP contribution in [0.4, 0.5) is 8.78 Å². The SMILES string of the molecule is CCN1C/C(=C\c2ccc(F)cc2)C2=NC(=S)NC(c3ccc(F)cc3)C2C1. The van der Waals surface area contributed by atoms with Gasteiger partial charge in [0.2, 0.25) is 0 Å². The number of thiocarbonyl (C=S) groups is 1. The average Bonchev–Trinajstić information content (AvgIpc) is 2.70. The van der Waals surface area contributed by atoms with Gasteiger partial charge in [0, 0.05) is 19.0 Å². The first-order chi connectivity index (χ1) is 13.5. The number of halogens is 2. The van der Waals surface area contributed by atoms with Crippen LogP contribution in [0.3, 0.4) is 0 Å². The van der Waals surface area contributed by atoms with Crippen LogP contribution in [-0.2, 0) is 0 Å². The van der Waals surface area contributed by atoms with Gasteiger partial charge in [-0.1, -0.05) is 31.2 Å². The summed E-state index contributed by atoms with van der Waals surface area (Å²) < 4.78 is 26.7. The molecule has 0 amide bonds. The molecule has 2 aromatic rings. The third kappa shape index (κ3) is 3.88. The molecule has 2 aromatic carbocycles. The Kier molecular flexibility index (Phi) is 5.33. The van der Waals surface area contributed by atoms with E-state index in [4.69, 9.17) is 12.2 Å². The summed E-state index contributed by atoms with van der Waals surface area (Å²) in [6, 6.07) is 12.9. The maximum atomic E-state index is 13.4. The molecule has 2 unspecified atom stereocenters. The van der Waals surface area contributed by atoms with Gasteiger partial charge in [0.25, 0.3) is 0 Å². The lowest BCUT2D eigenvalue weighted by Gasteiger charge is -2.42. The second-order valence-corrected chi connectivity index (χ2v) is 7.52. The Morgan fingerprint density at radius 2 is 1.75 bits per heavy atom. The van der Waals surface area contributed by atoms with Gasteiger partial charge in [-0.15, -0.1) is 0 Å². The van der Waals surface area contributed by atoms with Gasteiger partial charge >= 0.3 is 0 Å². The Labute approximate surface area is 168 Å². The Bertz CT molecular complexity index is 935. The molecule has 4 rings (SSSR count). The zero-order chi connectivity index (χ0) is 19.7. The zero-order valence-corrected chi connectivity index (χ0v) is 16.3. The van der Waals surface area contributed by atoms with Crippen molar-refractivity contribution >= 4 is 29.1 Å². The Morgan fingerprint density at radius 1 is 1.11 bits per heavy atom. The molecule has 3 nitrogen and oxygen atoms in total. The van der Waals surface area contributed by atoms with Crippen LogP contribution in [0.1, 0.15) is 24.1 Å². The third-order valence-corrected chi connectivity index (χ3v) is 5.53. The minimum absolute atomic E-state index is 0.0634. The highest BCUT2D eigenvalue weighted by Crippen LogP contribution is 2.34. The van der Waals surface area contributed by atoms with Gasteiger partial charge in [-0.3, -0.25) is 4.90 Å². The molecule has 2 atom stereocenters. The molecule has 0 spiro atoms. The highest BCUT2D eigenvalue weighted by molar-refractivity contribution is 7.80. The molecule has 1 fully saturated rings. The fraction of sp³-hybridized carbons (Fsp3) is 0.273. The summed E-state index contributed by atoms with van der Waals surface area (Å²) in [5, 5.41) is 3.75. The zero-order valence-electron chi connectivity index (χ0n) is 15.5. The molecule has 0 aliphatic carbocycles. The van der Waals surface area contributed by atoms with Crippen LogP contribution < -0.4 is 5.32 Å². The molecule has 1 N–H and O–H groups in total. The summed E-state index contributed by atoms with van der Waals surface area (Å²) in [5.74, 6) is -0.417. The predicted molar refractivity (Wildman–Crippen MR) is 112 cm³/mol. The first-order valence-corrected chi connectivity index (χ1v) is 9.77. The molecule has 2 aliphatic rings. The van der Waals surface area contributed by atoms with Crippen LogP contribution in [-0.4, -0.2) is 35.4 Å². The predicted octanol–water partition coefficient (Wildman–Crippen LogP) is 4.37. The highest BCUT2D eigenvalue weighted by Gasteiger charge is 2.38. The van der Waals surface area contributed by atoms with Crippen LogP contribution in [0.5, 0.6) is 0 Å². The number of nitrogens with one attached hydrogen (secondary N) is 1. The van der Waals surface area contributed by atoms with E-state index in [1.807, 2.05) is 0 Å². The Balaban J connectivity index is 1.74. The third-order valence-electron chi connectivity index (χ3n) is 5.32. The van der Waals surface area contributed by atoms with Gasteiger partial charge in [0.05, 0.1) is 11.8 Å². The maximum Gasteiger partial charge on any atom is 0.193 e. The summed E-state index contributed by atoms with van der Waals surface area (Å²) in [6.07, 6.45) is 2.06. The van der Waals surface area contributed by atoms with Gasteiger partial charge in [-0.05, 0) is 65.8 Å². The number of hydrogen-bond acceptors (Lipinski definition) is 2. The van der Waals surface area contributed by atoms with Crippen molar-refractivity contribution in [2.24, 2.45) is 10.9 Å². The van der Waals surface area contributed by atoms with Crippen molar-refractivity contribution in [1.29, 1.82) is 0 Å². The molecule has 6 heteroatoms. The molecule has 0 aromatic heterocycles. The number of rotatable bonds is 3. The van der Waals surface area contributed by atoms with E-state index in [1.165, 1.54) is 24.3 Å². The summed E-state index contributed by atoms with van der Waals surface area (Å²) in [5.41, 5.74) is 3.96. The van der Waals surface area contributed by atoms with E-state index >= 15 is 0 Å². The van der Waals surface area contributed by atoms with E-state index < -0.39 is 0 Å². The second-order valence-electron chi connectivity index (χ2n) is 7.13. The lowest BCUT2D eigenvalue weighted by Crippen LogP contribution is -2.51. The lowest BCUT2D eigenvalue weighted by molar-refractivity contribution is 0.252. The van der Waals surface area contributed by atoms with Gasteiger partial charge in [0.15, 0.2) is 5.11 Å². The number of fused-ring (bicyclic) bond motifs is 1. The quantitative estimate of drug-likeness (QED) is 0.780. The number of likely N-dealkylation sites (tertiary alicyclic amines) is 1. The van der Waals surface area contributed by atoms with Crippen molar-refractivity contribution in [3.05, 3.63) is 76.9 Å². The topological polar surface area (TPSA) is 27.6 Å². The van der Waals surface area contributed by atoms with E-state index in [0.29, 0.717) is 5.11 Å². The molecule has 28 heavy (non-hydrogen) atoms. The first kappa shape index (κ1) is 18.9. The number of hydrogen-bond donors (Lipinski definition) is 1. The van der Waals surface area contributed by atoms with E-state index in [-0.39, 0.29) is 23.6 Å². The normalized spacial score (nSPS) is 23.9. The van der Waals surface area contributed by atoms with Crippen molar-refractivity contribution in [1.82, 2.24) is 10.2 Å². The van der Waals surface area contributed by atoms with Crippen molar-refractivity contribution in [2.75, 3.05) is 19.6 Å². The highest BCUT2D eigenvalue weighted by atomic mass is 32.1. The van der Waals surface area contributed by atoms with Crippen LogP contribution in [0.2, 0.25) is 0 Å².